The maximum atomic E-state index is 15.7. The molecule has 12 atom stereocenters. The van der Waals surface area contributed by atoms with E-state index in [1.54, 1.807) is 124 Å². The van der Waals surface area contributed by atoms with Crippen LogP contribution >= 0.6 is 12.2 Å². The van der Waals surface area contributed by atoms with Gasteiger partial charge >= 0.3 is 10.8 Å². The van der Waals surface area contributed by atoms with Gasteiger partial charge in [0.15, 0.2) is 5.82 Å². The van der Waals surface area contributed by atoms with Gasteiger partial charge in [0.05, 0.1) is 41.6 Å². The zero-order valence-electron chi connectivity index (χ0n) is 65.2. The van der Waals surface area contributed by atoms with Gasteiger partial charge in [0, 0.05) is 44.8 Å². The normalized spacial score (nSPS) is 22.0. The summed E-state index contributed by atoms with van der Waals surface area (Å²) in [5.74, 6) is 8.03. The second-order valence-corrected chi connectivity index (χ2v) is 31.5. The molecule has 6 aliphatic rings. The number of rotatable bonds is 14. The molecule has 5 unspecified atom stereocenters. The van der Waals surface area contributed by atoms with E-state index in [0.29, 0.717) is 28.0 Å². The summed E-state index contributed by atoms with van der Waals surface area (Å²) in [6.45, 7) is 13.4. The van der Waals surface area contributed by atoms with E-state index in [2.05, 4.69) is 52.7 Å². The maximum Gasteiger partial charge on any atom is 0.326 e. The molecule has 2 saturated heterocycles. The van der Waals surface area contributed by atoms with Gasteiger partial charge in [-0.2, -0.15) is 4.98 Å². The van der Waals surface area contributed by atoms with Crippen LogP contribution in [-0.4, -0.2) is 195 Å². The molecule has 18 N–H and O–H groups in total. The summed E-state index contributed by atoms with van der Waals surface area (Å²) in [7, 11) is 3.22. The molecule has 0 spiro atoms. The van der Waals surface area contributed by atoms with Gasteiger partial charge in [-0.05, 0) is 138 Å². The standard InChI is InChI=1S/C81H104N18O13S/c1-45(86-9)70(100)92-67(80(3,4)5)76(106)96-33-31-63-65(96)74(104)89-60(39-49-19-25-51-15-11-13-17-53(51)35-49)72(102)88-59(69-94-79(113)112-95-69)37-47-21-27-57(28-22-47)110-43-55(82)41-99(85)64-32-34-97(77(107)68(81(6,7)8)93-71(101)46(2)87-10)66(64)75(105)90-61(40-50-20-26-52-16-12-14-18-54(52)36-50)73(103)91-62(78(108)109)38-48-23-29-58(30-24-48)111-44-56(83)42-98(63)84/h11-30,35-36,41-42,45-46,59-68,86-87H,31-34,37-40,43-44,82-85H2,1-10H3,(H,88,102)(H,89,104)(H,90,105)(H,91,103)(H,92,100)(H,93,101)(H,108,109)(H,94,95,113)/t45-,46-,59-,60-,61-,62-,63?,64?,65?,66?,67+,68?/m0/s1. The quantitative estimate of drug-likeness (QED) is 0.0546. The Morgan fingerprint density at radius 1 is 0.566 bits per heavy atom. The van der Waals surface area contributed by atoms with Gasteiger partial charge in [-0.15, -0.1) is 0 Å². The topological polar surface area (TPSA) is 447 Å². The van der Waals surface area contributed by atoms with Gasteiger partial charge < -0.3 is 92.9 Å². The number of carboxylic acids is 1. The minimum absolute atomic E-state index is 0.0253. The molecule has 602 valence electrons. The fourth-order valence-corrected chi connectivity index (χ4v) is 14.3. The van der Waals surface area contributed by atoms with Gasteiger partial charge in [0.25, 0.3) is 0 Å². The lowest BCUT2D eigenvalue weighted by molar-refractivity contribution is -0.145. The number of H-pyrrole nitrogens is 1. The fourth-order valence-electron chi connectivity index (χ4n) is 14.1. The summed E-state index contributed by atoms with van der Waals surface area (Å²) < 4.78 is 17.8. The SMILES string of the molecule is CN[C@@H](C)C(=O)NC(C(=O)N1CCC2C1C(=O)N[C@@H](Cc1ccc3ccccc3c1)C(=O)N[C@H](C(=O)O)Cc1ccc(cc1)OCC(N)=CN(N)C1CCN(C(=O)[C@@H](NC(=O)[C@H](C)NC)C(C)(C)C)C1C(=O)N[C@@H](Cc1ccc3ccccc3c1)C(=O)N[C@H](c1nc(=S)o[nH]1)Cc1ccc(cc1)OCC(N)=CN2N)C(C)(C)C. The Hall–Kier alpha value is -11.5. The van der Waals surface area contributed by atoms with Crippen LogP contribution in [0.5, 0.6) is 11.5 Å². The Kier molecular flexibility index (Phi) is 27.4. The number of ether oxygens (including phenoxy) is 2. The summed E-state index contributed by atoms with van der Waals surface area (Å²) in [5, 5.41) is 42.8. The third-order valence-corrected chi connectivity index (χ3v) is 20.9. The number of amides is 8. The Balaban J connectivity index is 1.02. The number of aromatic nitrogens is 2. The minimum Gasteiger partial charge on any atom is -0.487 e. The molecule has 32 heteroatoms. The van der Waals surface area contributed by atoms with Crippen molar-refractivity contribution in [2.45, 2.75) is 166 Å². The van der Waals surface area contributed by atoms with Crippen molar-refractivity contribution in [3.8, 4) is 11.5 Å². The number of carboxylic acid groups (broad SMARTS) is 1. The Morgan fingerprint density at radius 3 is 1.36 bits per heavy atom. The molecule has 7 aromatic rings. The molecule has 0 radical (unpaired) electrons. The Labute approximate surface area is 661 Å². The van der Waals surface area contributed by atoms with E-state index in [-0.39, 0.29) is 92.6 Å². The molecule has 2 fully saturated rings. The highest BCUT2D eigenvalue weighted by Crippen LogP contribution is 2.32. The van der Waals surface area contributed by atoms with E-state index >= 15 is 28.8 Å². The third-order valence-electron chi connectivity index (χ3n) is 20.7. The largest absolute Gasteiger partial charge is 0.487 e. The predicted molar refractivity (Wildman–Crippen MR) is 427 cm³/mol. The number of hydrazine groups is 2. The van der Waals surface area contributed by atoms with Crippen LogP contribution in [0.2, 0.25) is 0 Å². The smallest absolute Gasteiger partial charge is 0.326 e. The van der Waals surface area contributed by atoms with Crippen molar-refractivity contribution < 1.29 is 62.3 Å². The first-order valence-electron chi connectivity index (χ1n) is 37.6. The number of fused-ring (bicyclic) bond motifs is 2. The van der Waals surface area contributed by atoms with Gasteiger partial charge in [-0.25, -0.2) is 21.6 Å². The fraction of sp³-hybridized carbons (Fsp3) is 0.420. The van der Waals surface area contributed by atoms with Gasteiger partial charge in [0.2, 0.25) is 47.3 Å². The predicted octanol–water partition coefficient (Wildman–Crippen LogP) is 3.65. The van der Waals surface area contributed by atoms with Gasteiger partial charge in [0.1, 0.15) is 67.0 Å². The van der Waals surface area contributed by atoms with E-state index in [1.165, 1.54) is 32.2 Å². The highest BCUT2D eigenvalue weighted by molar-refractivity contribution is 7.71. The molecule has 13 rings (SSSR count). The van der Waals surface area contributed by atoms with Gasteiger partial charge in [-0.3, -0.25) is 38.4 Å². The second-order valence-electron chi connectivity index (χ2n) is 31.2. The van der Waals surface area contributed by atoms with Crippen molar-refractivity contribution >= 4 is 87.0 Å². The number of likely N-dealkylation sites (N-methyl/N-ethyl adjacent to an activating group) is 2. The van der Waals surface area contributed by atoms with E-state index in [0.717, 1.165) is 21.5 Å². The molecule has 6 aromatic carbocycles. The molecule has 0 aliphatic carbocycles. The van der Waals surface area contributed by atoms with E-state index in [9.17, 15) is 19.5 Å². The van der Waals surface area contributed by atoms with Crippen molar-refractivity contribution in [1.82, 2.24) is 72.5 Å². The van der Waals surface area contributed by atoms with E-state index in [1.807, 2.05) is 78.9 Å². The highest BCUT2D eigenvalue weighted by Gasteiger charge is 2.51. The molecule has 8 amide bonds. The monoisotopic (exact) mass is 1570 g/mol. The summed E-state index contributed by atoms with van der Waals surface area (Å²) in [4.78, 5) is 140. The number of hydrogen-bond acceptors (Lipinski definition) is 22. The van der Waals surface area contributed by atoms with Crippen molar-refractivity contribution in [2.24, 2.45) is 34.0 Å². The molecule has 0 saturated carbocycles. The molecule has 31 nitrogen and oxygen atoms in total. The van der Waals surface area contributed by atoms with Crippen LogP contribution in [0.25, 0.3) is 21.5 Å². The van der Waals surface area contributed by atoms with Crippen molar-refractivity contribution in [2.75, 3.05) is 40.4 Å². The van der Waals surface area contributed by atoms with Crippen LogP contribution in [0.3, 0.4) is 0 Å². The summed E-state index contributed by atoms with van der Waals surface area (Å²) in [6, 6.07) is 25.6. The molecule has 6 aliphatic heterocycles. The first-order valence-corrected chi connectivity index (χ1v) is 38.0. The number of carbonyl (C=O) groups excluding carboxylic acids is 8. The lowest BCUT2D eigenvalue weighted by atomic mass is 9.85. The number of aliphatic carboxylic acids is 1. The number of benzene rings is 6. The number of nitrogens with two attached hydrogens (primary N) is 4. The molecular weight excluding hydrogens is 1470 g/mol. The summed E-state index contributed by atoms with van der Waals surface area (Å²) >= 11 is 5.32. The number of likely N-dealkylation sites (tertiary alicyclic amines) is 2. The van der Waals surface area contributed by atoms with Crippen LogP contribution in [0.15, 0.2) is 162 Å². The average molecular weight is 1570 g/mol. The number of carbonyl (C=O) groups is 9. The van der Waals surface area contributed by atoms with Crippen LogP contribution in [0.4, 0.5) is 0 Å². The van der Waals surface area contributed by atoms with Crippen molar-refractivity contribution in [3.63, 3.8) is 0 Å². The lowest BCUT2D eigenvalue weighted by Crippen LogP contribution is -2.63. The Morgan fingerprint density at radius 2 is 0.973 bits per heavy atom. The second kappa shape index (κ2) is 36.8. The minimum atomic E-state index is -1.56. The third kappa shape index (κ3) is 21.4. The van der Waals surface area contributed by atoms with Crippen LogP contribution in [-0.2, 0) is 68.8 Å². The van der Waals surface area contributed by atoms with E-state index in [4.69, 9.17) is 49.4 Å². The van der Waals surface area contributed by atoms with Crippen molar-refractivity contribution in [3.05, 3.63) is 190 Å². The number of aromatic amines is 1. The first kappa shape index (κ1) is 84.0. The van der Waals surface area contributed by atoms with Crippen LogP contribution in [0.1, 0.15) is 102 Å². The molecule has 4 bridgehead atoms. The number of nitrogens with one attached hydrogen (secondary N) is 9. The summed E-state index contributed by atoms with van der Waals surface area (Å²) in [6.07, 6.45) is 2.57. The highest BCUT2D eigenvalue weighted by atomic mass is 32.1. The van der Waals surface area contributed by atoms with Crippen LogP contribution in [0, 0.1) is 15.7 Å². The number of nitrogens with zero attached hydrogens (tertiary/aromatic N) is 5. The zero-order valence-corrected chi connectivity index (χ0v) is 66.0. The molecule has 1 aromatic heterocycles. The van der Waals surface area contributed by atoms with Gasteiger partial charge in [-0.1, -0.05) is 151 Å². The van der Waals surface area contributed by atoms with E-state index < -0.39 is 137 Å². The molecular formula is C81H104N18O13S. The zero-order chi connectivity index (χ0) is 81.8. The molecule has 7 heterocycles. The average Bonchev–Trinajstić information content (AvgIpc) is 1.66. The van der Waals surface area contributed by atoms with Crippen LogP contribution < -0.4 is 75.2 Å². The van der Waals surface area contributed by atoms with Crippen molar-refractivity contribution in [1.29, 1.82) is 0 Å². The lowest BCUT2D eigenvalue weighted by Gasteiger charge is -2.38. The molecule has 113 heavy (non-hydrogen) atoms. The summed E-state index contributed by atoms with van der Waals surface area (Å²) in [5.41, 5.74) is 14.1. The maximum absolute atomic E-state index is 15.7. The Bertz CT molecular complexity index is 4730. The number of hydrogen-bond donors (Lipinski definition) is 14. The first-order chi connectivity index (χ1) is 53.7.